The average molecular weight is 244 g/mol. The van der Waals surface area contributed by atoms with Gasteiger partial charge in [-0.15, -0.1) is 0 Å². The molecule has 0 radical (unpaired) electrons. The molecule has 18 heavy (non-hydrogen) atoms. The first-order valence-corrected chi connectivity index (χ1v) is 6.00. The molecule has 0 amide bonds. The van der Waals surface area contributed by atoms with Crippen LogP contribution in [-0.2, 0) is 6.54 Å². The molecule has 2 aromatic heterocycles. The van der Waals surface area contributed by atoms with Gasteiger partial charge in [-0.1, -0.05) is 13.0 Å². The van der Waals surface area contributed by atoms with Crippen LogP contribution in [0.15, 0.2) is 41.6 Å². The Morgan fingerprint density at radius 1 is 1.33 bits per heavy atom. The van der Waals surface area contributed by atoms with E-state index in [0.29, 0.717) is 6.54 Å². The van der Waals surface area contributed by atoms with Crippen LogP contribution in [0.2, 0.25) is 0 Å². The fourth-order valence-corrected chi connectivity index (χ4v) is 1.59. The summed E-state index contributed by atoms with van der Waals surface area (Å²) in [6.07, 6.45) is 4.07. The van der Waals surface area contributed by atoms with Gasteiger partial charge in [0.2, 0.25) is 0 Å². The Morgan fingerprint density at radius 3 is 3.00 bits per heavy atom. The monoisotopic (exact) mass is 244 g/mol. The molecule has 0 fully saturated rings. The predicted octanol–water partition coefficient (Wildman–Crippen LogP) is 1.51. The van der Waals surface area contributed by atoms with Gasteiger partial charge in [-0.3, -0.25) is 9.36 Å². The van der Waals surface area contributed by atoms with Gasteiger partial charge in [0.05, 0.1) is 18.6 Å². The van der Waals surface area contributed by atoms with Gasteiger partial charge >= 0.3 is 0 Å². The van der Waals surface area contributed by atoms with Crippen molar-refractivity contribution in [2.75, 3.05) is 11.9 Å². The van der Waals surface area contributed by atoms with Crippen molar-refractivity contribution in [2.24, 2.45) is 0 Å². The number of hydrogen-bond donors (Lipinski definition) is 1. The van der Waals surface area contributed by atoms with Crippen LogP contribution in [-0.4, -0.2) is 21.1 Å². The number of hydrogen-bond acceptors (Lipinski definition) is 4. The highest BCUT2D eigenvalue weighted by molar-refractivity contribution is 5.35. The smallest absolute Gasteiger partial charge is 0.253 e. The van der Waals surface area contributed by atoms with Crippen molar-refractivity contribution in [1.82, 2.24) is 14.5 Å². The first-order chi connectivity index (χ1) is 8.79. The number of nitrogens with zero attached hydrogens (tertiary/aromatic N) is 3. The van der Waals surface area contributed by atoms with E-state index in [0.717, 1.165) is 24.5 Å². The van der Waals surface area contributed by atoms with Crippen molar-refractivity contribution in [2.45, 2.75) is 19.9 Å². The lowest BCUT2D eigenvalue weighted by Gasteiger charge is -2.07. The van der Waals surface area contributed by atoms with Crippen LogP contribution in [0, 0.1) is 0 Å². The zero-order valence-corrected chi connectivity index (χ0v) is 10.3. The number of nitrogens with one attached hydrogen (secondary N) is 1. The Balaban J connectivity index is 2.14. The highest BCUT2D eigenvalue weighted by atomic mass is 16.1. The average Bonchev–Trinajstić information content (AvgIpc) is 2.40. The summed E-state index contributed by atoms with van der Waals surface area (Å²) in [6.45, 7) is 3.43. The van der Waals surface area contributed by atoms with Crippen LogP contribution in [0.3, 0.4) is 0 Å². The van der Waals surface area contributed by atoms with E-state index in [-0.39, 0.29) is 5.56 Å². The minimum Gasteiger partial charge on any atom is -0.370 e. The number of anilines is 1. The van der Waals surface area contributed by atoms with Crippen molar-refractivity contribution >= 4 is 5.82 Å². The second-order valence-corrected chi connectivity index (χ2v) is 3.99. The molecule has 0 spiro atoms. The lowest BCUT2D eigenvalue weighted by molar-refractivity contribution is 0.719. The van der Waals surface area contributed by atoms with Crippen LogP contribution >= 0.6 is 0 Å². The van der Waals surface area contributed by atoms with Crippen LogP contribution < -0.4 is 10.9 Å². The van der Waals surface area contributed by atoms with Crippen LogP contribution in [0.4, 0.5) is 5.82 Å². The minimum absolute atomic E-state index is 0.0706. The molecule has 0 saturated carbocycles. The third kappa shape index (κ3) is 3.16. The Kier molecular flexibility index (Phi) is 4.06. The van der Waals surface area contributed by atoms with Crippen molar-refractivity contribution in [3.05, 3.63) is 52.8 Å². The van der Waals surface area contributed by atoms with Crippen molar-refractivity contribution in [3.63, 3.8) is 0 Å². The van der Waals surface area contributed by atoms with Crippen molar-refractivity contribution in [3.8, 4) is 0 Å². The molecule has 94 valence electrons. The van der Waals surface area contributed by atoms with E-state index in [2.05, 4.69) is 22.2 Å². The quantitative estimate of drug-likeness (QED) is 0.866. The van der Waals surface area contributed by atoms with Gasteiger partial charge in [0.1, 0.15) is 5.82 Å². The predicted molar refractivity (Wildman–Crippen MR) is 70.6 cm³/mol. The summed E-state index contributed by atoms with van der Waals surface area (Å²) < 4.78 is 1.53. The van der Waals surface area contributed by atoms with Crippen molar-refractivity contribution in [1.29, 1.82) is 0 Å². The Labute approximate surface area is 106 Å². The van der Waals surface area contributed by atoms with Gasteiger partial charge in [-0.25, -0.2) is 9.97 Å². The van der Waals surface area contributed by atoms with Gasteiger partial charge in [0, 0.05) is 18.8 Å². The van der Waals surface area contributed by atoms with Crippen LogP contribution in [0.5, 0.6) is 0 Å². The lowest BCUT2D eigenvalue weighted by Crippen LogP contribution is -2.20. The normalized spacial score (nSPS) is 10.3. The van der Waals surface area contributed by atoms with E-state index in [1.807, 2.05) is 18.2 Å². The molecular formula is C13H16N4O. The van der Waals surface area contributed by atoms with Gasteiger partial charge in [-0.2, -0.15) is 0 Å². The van der Waals surface area contributed by atoms with Crippen LogP contribution in [0.1, 0.15) is 19.0 Å². The minimum atomic E-state index is -0.0706. The molecule has 2 rings (SSSR count). The molecule has 1 N–H and O–H groups in total. The van der Waals surface area contributed by atoms with Crippen molar-refractivity contribution < 1.29 is 0 Å². The summed E-state index contributed by atoms with van der Waals surface area (Å²) in [5.74, 6) is 0.839. The first kappa shape index (κ1) is 12.3. The van der Waals surface area contributed by atoms with Gasteiger partial charge in [-0.05, 0) is 18.6 Å². The third-order valence-corrected chi connectivity index (χ3v) is 2.49. The molecule has 2 aromatic rings. The zero-order chi connectivity index (χ0) is 12.8. The topological polar surface area (TPSA) is 59.8 Å². The SMILES string of the molecule is CCCNc1cccc(Cn2cnccc2=O)n1. The summed E-state index contributed by atoms with van der Waals surface area (Å²) in [4.78, 5) is 19.9. The first-order valence-electron chi connectivity index (χ1n) is 6.00. The molecule has 0 aliphatic carbocycles. The molecule has 0 aliphatic heterocycles. The van der Waals surface area contributed by atoms with E-state index >= 15 is 0 Å². The maximum Gasteiger partial charge on any atom is 0.253 e. The van der Waals surface area contributed by atoms with E-state index in [1.165, 1.54) is 23.2 Å². The second-order valence-electron chi connectivity index (χ2n) is 3.99. The zero-order valence-electron chi connectivity index (χ0n) is 10.3. The van der Waals surface area contributed by atoms with Gasteiger partial charge < -0.3 is 5.32 Å². The van der Waals surface area contributed by atoms with E-state index in [4.69, 9.17) is 0 Å². The standard InChI is InChI=1S/C13H16N4O/c1-2-7-15-12-5-3-4-11(16-12)9-17-10-14-8-6-13(17)18/h3-6,8,10H,2,7,9H2,1H3,(H,15,16). The molecule has 2 heterocycles. The molecule has 5 nitrogen and oxygen atoms in total. The molecular weight excluding hydrogens is 228 g/mol. The molecule has 0 saturated heterocycles. The molecule has 0 unspecified atom stereocenters. The summed E-state index contributed by atoms with van der Waals surface area (Å²) in [5, 5.41) is 3.22. The van der Waals surface area contributed by atoms with Gasteiger partial charge in [0.15, 0.2) is 0 Å². The second kappa shape index (κ2) is 5.95. The Hall–Kier alpha value is -2.17. The van der Waals surface area contributed by atoms with E-state index < -0.39 is 0 Å². The number of aromatic nitrogens is 3. The summed E-state index contributed by atoms with van der Waals surface area (Å²) in [6, 6.07) is 7.20. The number of rotatable bonds is 5. The van der Waals surface area contributed by atoms with E-state index in [1.54, 1.807) is 0 Å². The molecule has 0 aliphatic rings. The Bertz CT molecular complexity index is 565. The van der Waals surface area contributed by atoms with Gasteiger partial charge in [0.25, 0.3) is 5.56 Å². The fraction of sp³-hybridized carbons (Fsp3) is 0.308. The largest absolute Gasteiger partial charge is 0.370 e. The maximum atomic E-state index is 11.6. The van der Waals surface area contributed by atoms with E-state index in [9.17, 15) is 4.79 Å². The third-order valence-electron chi connectivity index (χ3n) is 2.49. The summed E-state index contributed by atoms with van der Waals surface area (Å²) in [7, 11) is 0. The molecule has 5 heteroatoms. The maximum absolute atomic E-state index is 11.6. The highest BCUT2D eigenvalue weighted by Crippen LogP contribution is 2.05. The summed E-state index contributed by atoms with van der Waals surface area (Å²) >= 11 is 0. The highest BCUT2D eigenvalue weighted by Gasteiger charge is 2.00. The fourth-order valence-electron chi connectivity index (χ4n) is 1.59. The molecule has 0 bridgehead atoms. The van der Waals surface area contributed by atoms with Crippen LogP contribution in [0.25, 0.3) is 0 Å². The summed E-state index contributed by atoms with van der Waals surface area (Å²) in [5.41, 5.74) is 0.768. The number of pyridine rings is 1. The molecule has 0 aromatic carbocycles. The Morgan fingerprint density at radius 2 is 2.22 bits per heavy atom. The lowest BCUT2D eigenvalue weighted by atomic mass is 10.3. The molecule has 0 atom stereocenters.